The Morgan fingerprint density at radius 1 is 1.22 bits per heavy atom. The summed E-state index contributed by atoms with van der Waals surface area (Å²) in [6.45, 7) is 5.42. The highest BCUT2D eigenvalue weighted by atomic mass is 32.1. The minimum Gasteiger partial charge on any atom is -0.386 e. The molecule has 140 valence electrons. The molecule has 0 spiro atoms. The molecule has 2 heterocycles. The Balaban J connectivity index is 1.88. The van der Waals surface area contributed by atoms with Crippen molar-refractivity contribution >= 4 is 17.2 Å². The highest BCUT2D eigenvalue weighted by Crippen LogP contribution is 2.27. The molecule has 1 atom stereocenters. The Labute approximate surface area is 163 Å². The fraction of sp³-hybridized carbons (Fsp3) is 0.286. The Morgan fingerprint density at radius 3 is 2.67 bits per heavy atom. The van der Waals surface area contributed by atoms with Gasteiger partial charge in [0.15, 0.2) is 0 Å². The molecule has 0 aliphatic heterocycles. The minimum atomic E-state index is -0.972. The summed E-state index contributed by atoms with van der Waals surface area (Å²) < 4.78 is 0. The number of carbonyl (C=O) groups excluding carboxylic acids is 1. The van der Waals surface area contributed by atoms with Crippen LogP contribution in [0, 0.1) is 0 Å². The molecule has 3 rings (SSSR count). The first-order valence-electron chi connectivity index (χ1n) is 8.72. The second-order valence-electron chi connectivity index (χ2n) is 7.06. The minimum absolute atomic E-state index is 0.0637. The number of carbonyl (C=O) groups is 1. The standard InChI is InChI=1S/C21H23N3O2S/c1-14(19-23-8-9-27-19)24(4)20(25)16-7-5-6-15(10-16)17-11-18(13-22-12-17)21(2,3)26/h5-14,26H,1-4H3. The number of benzene rings is 1. The van der Waals surface area contributed by atoms with E-state index in [2.05, 4.69) is 9.97 Å². The van der Waals surface area contributed by atoms with Crippen LogP contribution in [0.2, 0.25) is 0 Å². The van der Waals surface area contributed by atoms with Gasteiger partial charge in [0.1, 0.15) is 5.01 Å². The first-order valence-corrected chi connectivity index (χ1v) is 9.60. The topological polar surface area (TPSA) is 66.3 Å². The van der Waals surface area contributed by atoms with Gasteiger partial charge in [-0.3, -0.25) is 9.78 Å². The number of thiazole rings is 1. The van der Waals surface area contributed by atoms with E-state index in [1.165, 1.54) is 11.3 Å². The monoisotopic (exact) mass is 381 g/mol. The van der Waals surface area contributed by atoms with Gasteiger partial charge >= 0.3 is 0 Å². The molecule has 3 aromatic rings. The molecule has 0 saturated heterocycles. The van der Waals surface area contributed by atoms with Crippen LogP contribution in [0.25, 0.3) is 11.1 Å². The smallest absolute Gasteiger partial charge is 0.254 e. The summed E-state index contributed by atoms with van der Waals surface area (Å²) in [7, 11) is 1.79. The van der Waals surface area contributed by atoms with Crippen molar-refractivity contribution in [3.63, 3.8) is 0 Å². The zero-order valence-electron chi connectivity index (χ0n) is 15.9. The number of pyridine rings is 1. The second-order valence-corrected chi connectivity index (χ2v) is 7.99. The number of hydrogen-bond donors (Lipinski definition) is 1. The molecule has 1 unspecified atom stereocenters. The molecule has 1 aromatic carbocycles. The number of hydrogen-bond acceptors (Lipinski definition) is 5. The number of nitrogens with zero attached hydrogens (tertiary/aromatic N) is 3. The lowest BCUT2D eigenvalue weighted by Crippen LogP contribution is -2.29. The van der Waals surface area contributed by atoms with Crippen molar-refractivity contribution in [1.29, 1.82) is 0 Å². The van der Waals surface area contributed by atoms with Crippen LogP contribution in [0.3, 0.4) is 0 Å². The largest absolute Gasteiger partial charge is 0.386 e. The van der Waals surface area contributed by atoms with Crippen LogP contribution in [0.5, 0.6) is 0 Å². The van der Waals surface area contributed by atoms with E-state index in [0.717, 1.165) is 21.7 Å². The first kappa shape index (κ1) is 19.2. The third kappa shape index (κ3) is 4.23. The van der Waals surface area contributed by atoms with Gasteiger partial charge in [0.05, 0.1) is 11.6 Å². The zero-order chi connectivity index (χ0) is 19.6. The summed E-state index contributed by atoms with van der Waals surface area (Å²) in [5.41, 5.74) is 2.10. The average molecular weight is 382 g/mol. The molecular weight excluding hydrogens is 358 g/mol. The summed E-state index contributed by atoms with van der Waals surface area (Å²) in [6.07, 6.45) is 5.14. The van der Waals surface area contributed by atoms with Crippen LogP contribution < -0.4 is 0 Å². The van der Waals surface area contributed by atoms with E-state index in [0.29, 0.717) is 5.56 Å². The SMILES string of the molecule is CC(c1nccs1)N(C)C(=O)c1cccc(-c2cncc(C(C)(C)O)c2)c1. The van der Waals surface area contributed by atoms with Crippen molar-refractivity contribution in [2.45, 2.75) is 32.4 Å². The molecule has 6 heteroatoms. The summed E-state index contributed by atoms with van der Waals surface area (Å²) in [4.78, 5) is 23.2. The predicted octanol–water partition coefficient (Wildman–Crippen LogP) is 4.27. The van der Waals surface area contributed by atoms with Crippen molar-refractivity contribution in [3.05, 3.63) is 70.4 Å². The van der Waals surface area contributed by atoms with Gasteiger partial charge < -0.3 is 10.0 Å². The van der Waals surface area contributed by atoms with Gasteiger partial charge in [-0.05, 0) is 44.5 Å². The maximum Gasteiger partial charge on any atom is 0.254 e. The molecule has 0 bridgehead atoms. The Hall–Kier alpha value is -2.57. The molecule has 0 aliphatic carbocycles. The van der Waals surface area contributed by atoms with E-state index in [1.807, 2.05) is 42.6 Å². The summed E-state index contributed by atoms with van der Waals surface area (Å²) in [5, 5.41) is 13.0. The maximum atomic E-state index is 12.9. The van der Waals surface area contributed by atoms with Crippen LogP contribution in [0.4, 0.5) is 0 Å². The quantitative estimate of drug-likeness (QED) is 0.717. The lowest BCUT2D eigenvalue weighted by Gasteiger charge is -2.23. The molecule has 5 nitrogen and oxygen atoms in total. The normalized spacial score (nSPS) is 12.6. The Kier molecular flexibility index (Phi) is 5.39. The molecular formula is C21H23N3O2S. The van der Waals surface area contributed by atoms with E-state index in [4.69, 9.17) is 0 Å². The van der Waals surface area contributed by atoms with Gasteiger partial charge in [-0.2, -0.15) is 0 Å². The summed E-state index contributed by atoms with van der Waals surface area (Å²) in [5.74, 6) is -0.0637. The first-order chi connectivity index (χ1) is 12.8. The van der Waals surface area contributed by atoms with Crippen LogP contribution in [0.15, 0.2) is 54.3 Å². The van der Waals surface area contributed by atoms with Gasteiger partial charge in [-0.1, -0.05) is 12.1 Å². The van der Waals surface area contributed by atoms with Gasteiger partial charge in [-0.25, -0.2) is 4.98 Å². The number of aromatic nitrogens is 2. The van der Waals surface area contributed by atoms with E-state index >= 15 is 0 Å². The molecule has 0 saturated carbocycles. The van der Waals surface area contributed by atoms with Gasteiger partial charge in [-0.15, -0.1) is 11.3 Å². The third-order valence-electron chi connectivity index (χ3n) is 4.60. The van der Waals surface area contributed by atoms with E-state index in [9.17, 15) is 9.90 Å². The van der Waals surface area contributed by atoms with Gasteiger partial charge in [0, 0.05) is 47.7 Å². The van der Waals surface area contributed by atoms with Crippen LogP contribution in [-0.2, 0) is 5.60 Å². The molecule has 0 aliphatic rings. The second kappa shape index (κ2) is 7.58. The molecule has 1 N–H and O–H groups in total. The summed E-state index contributed by atoms with van der Waals surface area (Å²) >= 11 is 1.54. The maximum absolute atomic E-state index is 12.9. The number of amides is 1. The Morgan fingerprint density at radius 2 is 2.00 bits per heavy atom. The van der Waals surface area contributed by atoms with E-state index in [-0.39, 0.29) is 11.9 Å². The molecule has 0 radical (unpaired) electrons. The fourth-order valence-corrected chi connectivity index (χ4v) is 3.49. The van der Waals surface area contributed by atoms with E-state index in [1.54, 1.807) is 44.4 Å². The Bertz CT molecular complexity index is 933. The summed E-state index contributed by atoms with van der Waals surface area (Å²) in [6, 6.07) is 9.27. The van der Waals surface area contributed by atoms with Gasteiger partial charge in [0.2, 0.25) is 0 Å². The lowest BCUT2D eigenvalue weighted by atomic mass is 9.96. The van der Waals surface area contributed by atoms with Crippen LogP contribution in [-0.4, -0.2) is 32.9 Å². The molecule has 0 fully saturated rings. The molecule has 1 amide bonds. The van der Waals surface area contributed by atoms with Crippen molar-refractivity contribution in [2.75, 3.05) is 7.05 Å². The van der Waals surface area contributed by atoms with Crippen molar-refractivity contribution in [2.24, 2.45) is 0 Å². The van der Waals surface area contributed by atoms with Crippen molar-refractivity contribution < 1.29 is 9.90 Å². The third-order valence-corrected chi connectivity index (χ3v) is 5.54. The lowest BCUT2D eigenvalue weighted by molar-refractivity contribution is 0.0741. The predicted molar refractivity (Wildman–Crippen MR) is 108 cm³/mol. The highest BCUT2D eigenvalue weighted by Gasteiger charge is 2.21. The zero-order valence-corrected chi connectivity index (χ0v) is 16.7. The number of rotatable bonds is 5. The fourth-order valence-electron chi connectivity index (χ4n) is 2.75. The average Bonchev–Trinajstić information content (AvgIpc) is 3.20. The highest BCUT2D eigenvalue weighted by molar-refractivity contribution is 7.09. The van der Waals surface area contributed by atoms with Crippen LogP contribution in [0.1, 0.15) is 47.7 Å². The van der Waals surface area contributed by atoms with Crippen molar-refractivity contribution in [1.82, 2.24) is 14.9 Å². The van der Waals surface area contributed by atoms with Crippen LogP contribution >= 0.6 is 11.3 Å². The number of aliphatic hydroxyl groups is 1. The molecule has 27 heavy (non-hydrogen) atoms. The van der Waals surface area contributed by atoms with Gasteiger partial charge in [0.25, 0.3) is 5.91 Å². The van der Waals surface area contributed by atoms with E-state index < -0.39 is 5.60 Å². The van der Waals surface area contributed by atoms with Crippen molar-refractivity contribution in [3.8, 4) is 11.1 Å². The molecule has 2 aromatic heterocycles.